The van der Waals surface area contributed by atoms with Gasteiger partial charge < -0.3 is 21.5 Å². The normalized spacial score (nSPS) is 34.7. The van der Waals surface area contributed by atoms with Crippen molar-refractivity contribution in [3.05, 3.63) is 10.6 Å². The molecule has 0 amide bonds. The van der Waals surface area contributed by atoms with E-state index in [2.05, 4.69) is 15.6 Å². The zero-order valence-corrected chi connectivity index (χ0v) is 15.6. The van der Waals surface area contributed by atoms with Crippen molar-refractivity contribution in [1.29, 1.82) is 0 Å². The first-order valence-electron chi connectivity index (χ1n) is 9.01. The van der Waals surface area contributed by atoms with Gasteiger partial charge in [-0.2, -0.15) is 0 Å². The van der Waals surface area contributed by atoms with E-state index in [1.165, 1.54) is 23.4 Å². The molecule has 1 heterocycles. The van der Waals surface area contributed by atoms with Gasteiger partial charge >= 0.3 is 0 Å². The van der Waals surface area contributed by atoms with Gasteiger partial charge in [-0.15, -0.1) is 11.3 Å². The molecule has 7 heteroatoms. The van der Waals surface area contributed by atoms with Gasteiger partial charge in [0, 0.05) is 17.0 Å². The first-order valence-corrected chi connectivity index (χ1v) is 10.2. The minimum atomic E-state index is -0.737. The fourth-order valence-electron chi connectivity index (χ4n) is 4.65. The third-order valence-corrected chi connectivity index (χ3v) is 7.34. The number of hydrogen-bond donors (Lipinski definition) is 4. The Morgan fingerprint density at radius 1 is 1.33 bits per heavy atom. The highest BCUT2D eigenvalue weighted by molar-refractivity contribution is 7.80. The lowest BCUT2D eigenvalue weighted by Gasteiger charge is -2.53. The molecule has 0 aromatic carbocycles. The van der Waals surface area contributed by atoms with Gasteiger partial charge in [-0.1, -0.05) is 0 Å². The number of nitrogens with zero attached hydrogens (tertiary/aromatic N) is 1. The van der Waals surface area contributed by atoms with E-state index in [-0.39, 0.29) is 5.54 Å². The maximum Gasteiger partial charge on any atom is 0.189 e. The summed E-state index contributed by atoms with van der Waals surface area (Å²) in [6, 6.07) is 0. The number of hydrogen-bond acceptors (Lipinski definition) is 5. The van der Waals surface area contributed by atoms with Crippen molar-refractivity contribution in [2.24, 2.45) is 11.7 Å². The Balaban J connectivity index is 1.34. The fraction of sp³-hybridized carbons (Fsp3) is 0.765. The Morgan fingerprint density at radius 3 is 2.79 bits per heavy atom. The minimum Gasteiger partial charge on any atom is -0.388 e. The Morgan fingerprint density at radius 2 is 2.08 bits per heavy atom. The molecule has 4 aliphatic rings. The van der Waals surface area contributed by atoms with Gasteiger partial charge in [-0.25, -0.2) is 4.98 Å². The SMILES string of the molecule is NC12CCC(CC1)C(O)(CNC(=S)Nc1nc3c(s1)CCCC3)C2. The van der Waals surface area contributed by atoms with Gasteiger partial charge in [0.2, 0.25) is 0 Å². The van der Waals surface area contributed by atoms with E-state index in [1.54, 1.807) is 11.3 Å². The standard InChI is InChI=1S/C17H26N4OS2/c18-16-7-5-11(6-8-16)17(22,9-16)10-19-14(23)21-15-20-12-3-1-2-4-13(12)24-15/h11,22H,1-10,18H2,(H2,19,20,21,23). The summed E-state index contributed by atoms with van der Waals surface area (Å²) in [5.74, 6) is 0.338. The van der Waals surface area contributed by atoms with Crippen molar-refractivity contribution in [2.75, 3.05) is 11.9 Å². The lowest BCUT2D eigenvalue weighted by Crippen LogP contribution is -2.63. The maximum absolute atomic E-state index is 11.0. The van der Waals surface area contributed by atoms with Crippen molar-refractivity contribution in [2.45, 2.75) is 68.9 Å². The van der Waals surface area contributed by atoms with Crippen LogP contribution in [0.4, 0.5) is 5.13 Å². The van der Waals surface area contributed by atoms with Crippen LogP contribution >= 0.6 is 23.6 Å². The number of rotatable bonds is 3. The average Bonchev–Trinajstić information content (AvgIpc) is 2.95. The molecule has 0 spiro atoms. The van der Waals surface area contributed by atoms with Gasteiger partial charge in [0.25, 0.3) is 0 Å². The summed E-state index contributed by atoms with van der Waals surface area (Å²) in [5.41, 5.74) is 6.72. The largest absolute Gasteiger partial charge is 0.388 e. The zero-order valence-electron chi connectivity index (χ0n) is 13.9. The van der Waals surface area contributed by atoms with Crippen molar-refractivity contribution in [3.63, 3.8) is 0 Å². The summed E-state index contributed by atoms with van der Waals surface area (Å²) in [6.45, 7) is 0.466. The highest BCUT2D eigenvalue weighted by atomic mass is 32.1. The van der Waals surface area contributed by atoms with Crippen molar-refractivity contribution >= 4 is 33.8 Å². The van der Waals surface area contributed by atoms with E-state index < -0.39 is 5.60 Å². The van der Waals surface area contributed by atoms with Gasteiger partial charge in [0.05, 0.1) is 11.3 Å². The van der Waals surface area contributed by atoms with Gasteiger partial charge in [-0.3, -0.25) is 0 Å². The minimum absolute atomic E-state index is 0.186. The summed E-state index contributed by atoms with van der Waals surface area (Å²) in [7, 11) is 0. The lowest BCUT2D eigenvalue weighted by atomic mass is 9.58. The monoisotopic (exact) mass is 366 g/mol. The van der Waals surface area contributed by atoms with Crippen LogP contribution in [0.5, 0.6) is 0 Å². The summed E-state index contributed by atoms with van der Waals surface area (Å²) < 4.78 is 0. The van der Waals surface area contributed by atoms with Crippen molar-refractivity contribution in [1.82, 2.24) is 10.3 Å². The van der Waals surface area contributed by atoms with E-state index >= 15 is 0 Å². The van der Waals surface area contributed by atoms with Crippen LogP contribution in [0.15, 0.2) is 0 Å². The van der Waals surface area contributed by atoms with Gasteiger partial charge in [0.1, 0.15) is 0 Å². The number of aryl methyl sites for hydroxylation is 2. The Bertz CT molecular complexity index is 615. The predicted octanol–water partition coefficient (Wildman–Crippen LogP) is 2.33. The molecule has 2 bridgehead atoms. The number of fused-ring (bicyclic) bond motifs is 4. The van der Waals surface area contributed by atoms with E-state index in [9.17, 15) is 5.11 Å². The molecular weight excluding hydrogens is 340 g/mol. The first-order chi connectivity index (χ1) is 11.5. The lowest BCUT2D eigenvalue weighted by molar-refractivity contribution is -0.101. The molecule has 24 heavy (non-hydrogen) atoms. The van der Waals surface area contributed by atoms with E-state index in [0.29, 0.717) is 24.0 Å². The van der Waals surface area contributed by atoms with Crippen LogP contribution in [0.3, 0.4) is 0 Å². The second-order valence-electron chi connectivity index (χ2n) is 7.82. The number of aliphatic hydroxyl groups is 1. The first kappa shape index (κ1) is 16.7. The molecule has 3 fully saturated rings. The van der Waals surface area contributed by atoms with Crippen molar-refractivity contribution < 1.29 is 5.11 Å². The van der Waals surface area contributed by atoms with Crippen molar-refractivity contribution in [3.8, 4) is 0 Å². The number of thiazole rings is 1. The number of nitrogens with one attached hydrogen (secondary N) is 2. The second kappa shape index (κ2) is 6.20. The molecule has 132 valence electrons. The third kappa shape index (κ3) is 3.19. The van der Waals surface area contributed by atoms with E-state index in [0.717, 1.165) is 43.7 Å². The number of aromatic nitrogens is 1. The molecular formula is C17H26N4OS2. The predicted molar refractivity (Wildman–Crippen MR) is 101 cm³/mol. The summed E-state index contributed by atoms with van der Waals surface area (Å²) in [5, 5.41) is 18.8. The third-order valence-electron chi connectivity index (χ3n) is 6.02. The Kier molecular flexibility index (Phi) is 4.31. The fourth-order valence-corrected chi connectivity index (χ4v) is 5.94. The van der Waals surface area contributed by atoms with Crippen LogP contribution in [-0.2, 0) is 12.8 Å². The van der Waals surface area contributed by atoms with Gasteiger partial charge in [0.15, 0.2) is 10.2 Å². The number of nitrogens with two attached hydrogens (primary N) is 1. The summed E-state index contributed by atoms with van der Waals surface area (Å²) in [4.78, 5) is 6.04. The quantitative estimate of drug-likeness (QED) is 0.615. The number of thiocarbonyl (C=S) groups is 1. The highest BCUT2D eigenvalue weighted by Crippen LogP contribution is 2.48. The summed E-state index contributed by atoms with van der Waals surface area (Å²) >= 11 is 7.11. The molecule has 1 aromatic rings. The Hall–Kier alpha value is -0.760. The molecule has 0 aliphatic heterocycles. The topological polar surface area (TPSA) is 83.2 Å². The molecule has 5 N–H and O–H groups in total. The van der Waals surface area contributed by atoms with Crippen LogP contribution in [0, 0.1) is 5.92 Å². The molecule has 4 aliphatic carbocycles. The zero-order chi connectivity index (χ0) is 16.8. The molecule has 0 radical (unpaired) electrons. The second-order valence-corrected chi connectivity index (χ2v) is 9.31. The number of anilines is 1. The van der Waals surface area contributed by atoms with Crippen LogP contribution in [0.25, 0.3) is 0 Å². The smallest absolute Gasteiger partial charge is 0.189 e. The molecule has 5 rings (SSSR count). The van der Waals surface area contributed by atoms with Gasteiger partial charge in [-0.05, 0) is 75.9 Å². The molecule has 1 atom stereocenters. The van der Waals surface area contributed by atoms with E-state index in [4.69, 9.17) is 18.0 Å². The van der Waals surface area contributed by atoms with E-state index in [1.807, 2.05) is 0 Å². The average molecular weight is 367 g/mol. The Labute approximate surface area is 152 Å². The molecule has 1 unspecified atom stereocenters. The molecule has 3 saturated carbocycles. The van der Waals surface area contributed by atoms with Crippen LogP contribution < -0.4 is 16.4 Å². The molecule has 1 aromatic heterocycles. The van der Waals surface area contributed by atoms with Crippen LogP contribution in [-0.4, -0.2) is 32.9 Å². The van der Waals surface area contributed by atoms with Crippen LogP contribution in [0.1, 0.15) is 55.5 Å². The van der Waals surface area contributed by atoms with Crippen LogP contribution in [0.2, 0.25) is 0 Å². The highest BCUT2D eigenvalue weighted by Gasteiger charge is 2.51. The molecule has 5 nitrogen and oxygen atoms in total. The summed E-state index contributed by atoms with van der Waals surface area (Å²) in [6.07, 6.45) is 9.48. The maximum atomic E-state index is 11.0. The molecule has 0 saturated heterocycles.